The van der Waals surface area contributed by atoms with Crippen molar-refractivity contribution in [1.82, 2.24) is 4.98 Å². The zero-order valence-corrected chi connectivity index (χ0v) is 14.5. The molecule has 23 heavy (non-hydrogen) atoms. The topological polar surface area (TPSA) is 54.5 Å². The number of carbonyl (C=O) groups is 1. The zero-order valence-electron chi connectivity index (χ0n) is 12.9. The van der Waals surface area contributed by atoms with Crippen molar-refractivity contribution >= 4 is 33.2 Å². The maximum Gasteiger partial charge on any atom is 0.274 e. The molecule has 0 saturated carbocycles. The minimum Gasteiger partial charge on any atom is -0.378 e. The van der Waals surface area contributed by atoms with Crippen molar-refractivity contribution in [2.45, 2.75) is 6.92 Å². The highest BCUT2D eigenvalue weighted by Gasteiger charge is 2.13. The number of carbonyl (C=O) groups excluding carboxylic acids is 1. The molecule has 2 heterocycles. The van der Waals surface area contributed by atoms with E-state index in [2.05, 4.69) is 31.1 Å². The molecule has 1 aliphatic heterocycles. The van der Waals surface area contributed by atoms with Crippen molar-refractivity contribution in [2.24, 2.45) is 0 Å². The predicted molar refractivity (Wildman–Crippen MR) is 94.1 cm³/mol. The number of nitrogens with zero attached hydrogens (tertiary/aromatic N) is 2. The van der Waals surface area contributed by atoms with Gasteiger partial charge in [-0.15, -0.1) is 0 Å². The van der Waals surface area contributed by atoms with Crippen LogP contribution in [0.1, 0.15) is 16.1 Å². The summed E-state index contributed by atoms with van der Waals surface area (Å²) in [5.41, 5.74) is 3.25. The highest BCUT2D eigenvalue weighted by Crippen LogP contribution is 2.21. The van der Waals surface area contributed by atoms with Gasteiger partial charge in [0.05, 0.1) is 25.1 Å². The summed E-state index contributed by atoms with van der Waals surface area (Å²) in [6.45, 7) is 5.14. The zero-order chi connectivity index (χ0) is 16.2. The fourth-order valence-electron chi connectivity index (χ4n) is 2.45. The summed E-state index contributed by atoms with van der Waals surface area (Å²) in [5.74, 6) is -0.208. The first kappa shape index (κ1) is 16.0. The minimum absolute atomic E-state index is 0.208. The molecule has 0 aliphatic carbocycles. The fraction of sp³-hybridized carbons (Fsp3) is 0.294. The lowest BCUT2D eigenvalue weighted by Crippen LogP contribution is -2.36. The molecule has 1 aromatic carbocycles. The summed E-state index contributed by atoms with van der Waals surface area (Å²) in [7, 11) is 0. The smallest absolute Gasteiger partial charge is 0.274 e. The van der Waals surface area contributed by atoms with Gasteiger partial charge in [0.2, 0.25) is 0 Å². The number of ether oxygens (including phenoxy) is 1. The molecule has 0 spiro atoms. The summed E-state index contributed by atoms with van der Waals surface area (Å²) in [6, 6.07) is 9.38. The van der Waals surface area contributed by atoms with Crippen molar-refractivity contribution in [3.05, 3.63) is 52.3 Å². The maximum atomic E-state index is 12.3. The third-order valence-electron chi connectivity index (χ3n) is 3.77. The number of aryl methyl sites for hydroxylation is 1. The van der Waals surface area contributed by atoms with E-state index < -0.39 is 0 Å². The average molecular weight is 376 g/mol. The predicted octanol–water partition coefficient (Wildman–Crippen LogP) is 3.24. The molecule has 1 amide bonds. The van der Waals surface area contributed by atoms with Crippen LogP contribution in [0.25, 0.3) is 0 Å². The molecular formula is C17H18BrN3O2. The molecule has 1 fully saturated rings. The van der Waals surface area contributed by atoms with Crippen molar-refractivity contribution in [3.63, 3.8) is 0 Å². The van der Waals surface area contributed by atoms with Crippen LogP contribution in [0.4, 0.5) is 11.4 Å². The quantitative estimate of drug-likeness (QED) is 0.894. The second kappa shape index (κ2) is 7.10. The van der Waals surface area contributed by atoms with Gasteiger partial charge in [0.15, 0.2) is 0 Å². The molecule has 1 saturated heterocycles. The first-order valence-corrected chi connectivity index (χ1v) is 8.29. The Balaban J connectivity index is 1.68. The molecule has 1 N–H and O–H groups in total. The van der Waals surface area contributed by atoms with Crippen molar-refractivity contribution in [3.8, 4) is 0 Å². The lowest BCUT2D eigenvalue weighted by Gasteiger charge is -2.28. The Morgan fingerprint density at radius 3 is 2.70 bits per heavy atom. The number of morpholine rings is 1. The maximum absolute atomic E-state index is 12.3. The Kier molecular flexibility index (Phi) is 4.93. The first-order valence-electron chi connectivity index (χ1n) is 7.50. The Morgan fingerprint density at radius 1 is 1.26 bits per heavy atom. The van der Waals surface area contributed by atoms with Crippen LogP contribution in [-0.2, 0) is 4.74 Å². The van der Waals surface area contributed by atoms with E-state index in [1.54, 1.807) is 12.3 Å². The van der Waals surface area contributed by atoms with Gasteiger partial charge in [-0.25, -0.2) is 4.98 Å². The van der Waals surface area contributed by atoms with Crippen LogP contribution in [0.15, 0.2) is 41.0 Å². The summed E-state index contributed by atoms with van der Waals surface area (Å²) < 4.78 is 6.36. The lowest BCUT2D eigenvalue weighted by atomic mass is 10.2. The number of pyridine rings is 1. The Bertz CT molecular complexity index is 697. The second-order valence-electron chi connectivity index (χ2n) is 5.42. The number of halogens is 1. The third kappa shape index (κ3) is 3.89. The van der Waals surface area contributed by atoms with Crippen molar-refractivity contribution < 1.29 is 9.53 Å². The Hall–Kier alpha value is -1.92. The normalized spacial score (nSPS) is 14.6. The third-order valence-corrected chi connectivity index (χ3v) is 4.66. The summed E-state index contributed by atoms with van der Waals surface area (Å²) in [6.07, 6.45) is 1.74. The SMILES string of the molecule is Cc1cc(NC(=O)c2ccc(N3CCOCC3)cn2)ccc1Br. The molecule has 6 heteroatoms. The second-order valence-corrected chi connectivity index (χ2v) is 6.27. The Labute approximate surface area is 143 Å². The van der Waals surface area contributed by atoms with Crippen LogP contribution in [0.5, 0.6) is 0 Å². The van der Waals surface area contributed by atoms with Crippen molar-refractivity contribution in [2.75, 3.05) is 36.5 Å². The first-order chi connectivity index (χ1) is 11.1. The molecule has 0 atom stereocenters. The minimum atomic E-state index is -0.208. The average Bonchev–Trinajstić information content (AvgIpc) is 2.59. The molecule has 1 aromatic heterocycles. The number of aromatic nitrogens is 1. The van der Waals surface area contributed by atoms with Gasteiger partial charge < -0.3 is 15.0 Å². The van der Waals surface area contributed by atoms with Gasteiger partial charge in [0.1, 0.15) is 5.69 Å². The van der Waals surface area contributed by atoms with Gasteiger partial charge in [-0.2, -0.15) is 0 Å². The number of rotatable bonds is 3. The molecule has 3 rings (SSSR count). The highest BCUT2D eigenvalue weighted by atomic mass is 79.9. The van der Waals surface area contributed by atoms with Gasteiger partial charge in [0.25, 0.3) is 5.91 Å². The van der Waals surface area contributed by atoms with Gasteiger partial charge in [-0.1, -0.05) is 15.9 Å². The van der Waals surface area contributed by atoms with Crippen LogP contribution in [-0.4, -0.2) is 37.2 Å². The van der Waals surface area contributed by atoms with Crippen LogP contribution in [0, 0.1) is 6.92 Å². The monoisotopic (exact) mass is 375 g/mol. The molecule has 0 bridgehead atoms. The Morgan fingerprint density at radius 2 is 2.04 bits per heavy atom. The summed E-state index contributed by atoms with van der Waals surface area (Å²) in [5, 5.41) is 2.87. The van der Waals surface area contributed by atoms with Crippen LogP contribution < -0.4 is 10.2 Å². The van der Waals surface area contributed by atoms with Gasteiger partial charge in [-0.3, -0.25) is 4.79 Å². The fourth-order valence-corrected chi connectivity index (χ4v) is 2.69. The van der Waals surface area contributed by atoms with E-state index in [0.717, 1.165) is 47.7 Å². The molecular weight excluding hydrogens is 358 g/mol. The molecule has 2 aromatic rings. The van der Waals surface area contributed by atoms with E-state index in [4.69, 9.17) is 4.74 Å². The van der Waals surface area contributed by atoms with E-state index in [9.17, 15) is 4.79 Å². The number of benzene rings is 1. The van der Waals surface area contributed by atoms with Gasteiger partial charge >= 0.3 is 0 Å². The standard InChI is InChI=1S/C17H18BrN3O2/c1-12-10-13(2-4-15(12)18)20-17(22)16-5-3-14(11-19-16)21-6-8-23-9-7-21/h2-5,10-11H,6-9H2,1H3,(H,20,22). The number of nitrogens with one attached hydrogen (secondary N) is 1. The largest absolute Gasteiger partial charge is 0.378 e. The van der Waals surface area contributed by atoms with Crippen LogP contribution >= 0.6 is 15.9 Å². The molecule has 0 unspecified atom stereocenters. The van der Waals surface area contributed by atoms with E-state index in [1.165, 1.54) is 0 Å². The number of amides is 1. The summed E-state index contributed by atoms with van der Waals surface area (Å²) in [4.78, 5) is 18.8. The van der Waals surface area contributed by atoms with E-state index in [-0.39, 0.29) is 5.91 Å². The van der Waals surface area contributed by atoms with E-state index in [1.807, 2.05) is 31.2 Å². The number of anilines is 2. The number of hydrogen-bond donors (Lipinski definition) is 1. The molecule has 5 nitrogen and oxygen atoms in total. The molecule has 1 aliphatic rings. The highest BCUT2D eigenvalue weighted by molar-refractivity contribution is 9.10. The van der Waals surface area contributed by atoms with E-state index >= 15 is 0 Å². The number of hydrogen-bond acceptors (Lipinski definition) is 4. The van der Waals surface area contributed by atoms with Gasteiger partial charge in [-0.05, 0) is 42.8 Å². The van der Waals surface area contributed by atoms with E-state index in [0.29, 0.717) is 5.69 Å². The van der Waals surface area contributed by atoms with Crippen LogP contribution in [0.3, 0.4) is 0 Å². The summed E-state index contributed by atoms with van der Waals surface area (Å²) >= 11 is 3.45. The lowest BCUT2D eigenvalue weighted by molar-refractivity contribution is 0.102. The molecule has 120 valence electrons. The van der Waals surface area contributed by atoms with Crippen LogP contribution in [0.2, 0.25) is 0 Å². The molecule has 0 radical (unpaired) electrons. The van der Waals surface area contributed by atoms with Gasteiger partial charge in [0, 0.05) is 23.2 Å². The van der Waals surface area contributed by atoms with Crippen molar-refractivity contribution in [1.29, 1.82) is 0 Å².